The van der Waals surface area contributed by atoms with Crippen molar-refractivity contribution in [3.05, 3.63) is 30.1 Å². The van der Waals surface area contributed by atoms with Crippen molar-refractivity contribution >= 4 is 5.91 Å². The van der Waals surface area contributed by atoms with Gasteiger partial charge in [-0.05, 0) is 6.07 Å². The maximum absolute atomic E-state index is 10.7. The maximum Gasteiger partial charge on any atom is 0.254 e. The third kappa shape index (κ3) is 1.31. The first kappa shape index (κ1) is 3.71. The molecule has 1 aromatic rings. The SMILES string of the molecule is [2H][13C]([2H])([2H])[n+]1cccc(C(N)=O)c1. The molecule has 1 rings (SSSR count). The molecule has 0 saturated carbocycles. The quantitative estimate of drug-likeness (QED) is 0.420. The average molecular weight is 141 g/mol. The third-order valence-corrected chi connectivity index (χ3v) is 1.09. The second-order valence-electron chi connectivity index (χ2n) is 1.86. The van der Waals surface area contributed by atoms with Crippen LogP contribution in [0.4, 0.5) is 0 Å². The van der Waals surface area contributed by atoms with Gasteiger partial charge in [0.25, 0.3) is 5.91 Å². The second-order valence-corrected chi connectivity index (χ2v) is 1.86. The first-order valence-electron chi connectivity index (χ1n) is 4.23. The van der Waals surface area contributed by atoms with Crippen molar-refractivity contribution in [3.63, 3.8) is 0 Å². The summed E-state index contributed by atoms with van der Waals surface area (Å²) in [5.74, 6) is -0.640. The molecule has 10 heavy (non-hydrogen) atoms. The lowest BCUT2D eigenvalue weighted by Gasteiger charge is -1.89. The first-order valence-corrected chi connectivity index (χ1v) is 2.73. The molecule has 0 fully saturated rings. The van der Waals surface area contributed by atoms with E-state index in [-0.39, 0.29) is 5.56 Å². The number of primary amides is 1. The number of aromatic nitrogens is 1. The molecule has 0 bridgehead atoms. The van der Waals surface area contributed by atoms with Crippen LogP contribution in [0.2, 0.25) is 0 Å². The van der Waals surface area contributed by atoms with Gasteiger partial charge in [-0.25, -0.2) is 4.57 Å². The van der Waals surface area contributed by atoms with E-state index in [9.17, 15) is 4.79 Å². The molecule has 3 nitrogen and oxygen atoms in total. The minimum absolute atomic E-state index is 0.179. The highest BCUT2D eigenvalue weighted by atomic mass is 16.1. The normalized spacial score (nSPS) is 15.0. The summed E-state index contributed by atoms with van der Waals surface area (Å²) in [6.45, 7) is -2.27. The zero-order valence-corrected chi connectivity index (χ0v) is 5.24. The van der Waals surface area contributed by atoms with Crippen LogP contribution in [0.15, 0.2) is 24.5 Å². The molecule has 1 aromatic heterocycles. The van der Waals surface area contributed by atoms with Crippen LogP contribution < -0.4 is 10.3 Å². The summed E-state index contributed by atoms with van der Waals surface area (Å²) in [4.78, 5) is 10.7. The smallest absolute Gasteiger partial charge is 0.254 e. The Hall–Kier alpha value is -1.38. The number of carbonyl (C=O) groups is 1. The topological polar surface area (TPSA) is 47.0 Å². The molecule has 1 amide bonds. The van der Waals surface area contributed by atoms with Crippen LogP contribution in [0.5, 0.6) is 0 Å². The average Bonchev–Trinajstić information content (AvgIpc) is 2.03. The summed E-state index contributed by atoms with van der Waals surface area (Å²) in [5, 5.41) is 0. The number of pyridine rings is 1. The van der Waals surface area contributed by atoms with E-state index < -0.39 is 12.9 Å². The van der Waals surface area contributed by atoms with Crippen molar-refractivity contribution in [1.82, 2.24) is 0 Å². The molecule has 0 saturated heterocycles. The predicted octanol–water partition coefficient (Wildman–Crippen LogP) is -0.390. The van der Waals surface area contributed by atoms with Gasteiger partial charge < -0.3 is 5.73 Å². The third-order valence-electron chi connectivity index (χ3n) is 1.09. The molecule has 0 atom stereocenters. The molecule has 0 aliphatic rings. The van der Waals surface area contributed by atoms with Gasteiger partial charge in [-0.3, -0.25) is 4.79 Å². The Morgan fingerprint density at radius 3 is 3.30 bits per heavy atom. The summed E-state index contributed by atoms with van der Waals surface area (Å²) in [5.41, 5.74) is 5.17. The summed E-state index contributed by atoms with van der Waals surface area (Å²) >= 11 is 0. The molecule has 1 heterocycles. The van der Waals surface area contributed by atoms with Crippen molar-refractivity contribution < 1.29 is 13.5 Å². The Balaban J connectivity index is 3.13. The Kier molecular flexibility index (Phi) is 0.917. The number of amides is 1. The van der Waals surface area contributed by atoms with E-state index in [4.69, 9.17) is 9.85 Å². The number of hydrogen-bond acceptors (Lipinski definition) is 1. The van der Waals surface area contributed by atoms with Gasteiger partial charge in [0.05, 0.1) is 0 Å². The fourth-order valence-corrected chi connectivity index (χ4v) is 0.621. The summed E-state index contributed by atoms with van der Waals surface area (Å²) in [6, 6.07) is 2.93. The van der Waals surface area contributed by atoms with Gasteiger partial charge in [0.15, 0.2) is 12.4 Å². The fourth-order valence-electron chi connectivity index (χ4n) is 0.621. The highest BCUT2D eigenvalue weighted by Crippen LogP contribution is 1.89. The maximum atomic E-state index is 10.7. The largest absolute Gasteiger partial charge is 0.365 e. The second kappa shape index (κ2) is 2.47. The Labute approximate surface area is 63.3 Å². The lowest BCUT2D eigenvalue weighted by Crippen LogP contribution is -2.28. The van der Waals surface area contributed by atoms with E-state index in [1.165, 1.54) is 24.5 Å². The number of rotatable bonds is 1. The van der Waals surface area contributed by atoms with E-state index in [0.29, 0.717) is 0 Å². The number of aryl methyl sites for hydroxylation is 1. The highest BCUT2D eigenvalue weighted by molar-refractivity contribution is 5.92. The number of nitrogens with two attached hydrogens (primary N) is 1. The zero-order valence-electron chi connectivity index (χ0n) is 8.24. The molecule has 0 aliphatic heterocycles. The van der Waals surface area contributed by atoms with E-state index in [1.807, 2.05) is 0 Å². The van der Waals surface area contributed by atoms with Crippen LogP contribution in [0, 0.1) is 0 Å². The van der Waals surface area contributed by atoms with Crippen LogP contribution in [-0.4, -0.2) is 5.91 Å². The van der Waals surface area contributed by atoms with Crippen LogP contribution in [0.3, 0.4) is 0 Å². The van der Waals surface area contributed by atoms with Gasteiger partial charge >= 0.3 is 0 Å². The van der Waals surface area contributed by atoms with Gasteiger partial charge in [0.2, 0.25) is 0 Å². The lowest BCUT2D eigenvalue weighted by molar-refractivity contribution is -0.671. The van der Waals surface area contributed by atoms with Gasteiger partial charge in [0.1, 0.15) is 16.7 Å². The van der Waals surface area contributed by atoms with Gasteiger partial charge in [-0.1, -0.05) is 0 Å². The molecule has 0 aliphatic carbocycles. The van der Waals surface area contributed by atoms with E-state index in [1.54, 1.807) is 0 Å². The Morgan fingerprint density at radius 1 is 1.90 bits per heavy atom. The lowest BCUT2D eigenvalue weighted by atomic mass is 10.3. The predicted molar refractivity (Wildman–Crippen MR) is 36.1 cm³/mol. The molecule has 3 heteroatoms. The zero-order chi connectivity index (χ0) is 10.1. The van der Waals surface area contributed by atoms with Crippen LogP contribution in [-0.2, 0) is 6.98 Å². The number of carbonyl (C=O) groups excluding carboxylic acids is 1. The Bertz CT molecular complexity index is 335. The summed E-state index contributed by atoms with van der Waals surface area (Å²) < 4.78 is 22.1. The minimum Gasteiger partial charge on any atom is -0.365 e. The molecule has 0 unspecified atom stereocenters. The van der Waals surface area contributed by atoms with Gasteiger partial charge in [-0.15, -0.1) is 0 Å². The Morgan fingerprint density at radius 2 is 2.70 bits per heavy atom. The van der Waals surface area contributed by atoms with Crippen molar-refractivity contribution in [1.29, 1.82) is 0 Å². The first-order chi connectivity index (χ1) is 5.91. The van der Waals surface area contributed by atoms with E-state index in [0.717, 1.165) is 4.57 Å². The van der Waals surface area contributed by atoms with Crippen molar-refractivity contribution in [2.75, 3.05) is 0 Å². The molecular weight excluding hydrogens is 129 g/mol. The monoisotopic (exact) mass is 141 g/mol. The molecule has 52 valence electrons. The highest BCUT2D eigenvalue weighted by Gasteiger charge is 2.02. The van der Waals surface area contributed by atoms with Gasteiger partial charge in [-0.2, -0.15) is 0 Å². The van der Waals surface area contributed by atoms with Crippen LogP contribution in [0.25, 0.3) is 0 Å². The van der Waals surface area contributed by atoms with E-state index >= 15 is 0 Å². The molecular formula is C7H9N2O+. The standard InChI is InChI=1S/C7H8N2O/c1-9-4-2-3-6(5-9)7(8)10/h2-5H,1H3,(H-,8,10)/p+1/i1+1D3. The number of hydrogen-bond donors (Lipinski definition) is 1. The molecule has 0 spiro atoms. The van der Waals surface area contributed by atoms with Crippen LogP contribution >= 0.6 is 0 Å². The summed E-state index contributed by atoms with van der Waals surface area (Å²) in [7, 11) is 0. The van der Waals surface area contributed by atoms with Crippen LogP contribution in [0.1, 0.15) is 14.5 Å². The molecule has 0 radical (unpaired) electrons. The minimum atomic E-state index is -2.27. The summed E-state index contributed by atoms with van der Waals surface area (Å²) in [6.07, 6.45) is 2.56. The molecule has 2 N–H and O–H groups in total. The van der Waals surface area contributed by atoms with Gasteiger partial charge in [0, 0.05) is 6.07 Å². The van der Waals surface area contributed by atoms with E-state index in [2.05, 4.69) is 0 Å². The van der Waals surface area contributed by atoms with Crippen molar-refractivity contribution in [2.45, 2.75) is 0 Å². The fraction of sp³-hybridized carbons (Fsp3) is 0.143. The van der Waals surface area contributed by atoms with Crippen molar-refractivity contribution in [2.24, 2.45) is 12.7 Å². The van der Waals surface area contributed by atoms with Crippen molar-refractivity contribution in [3.8, 4) is 0 Å². The number of nitrogens with zero attached hydrogens (tertiary/aromatic N) is 1. The molecule has 0 aromatic carbocycles.